The lowest BCUT2D eigenvalue weighted by Gasteiger charge is -2.28. The maximum Gasteiger partial charge on any atom is 0.338 e. The molecule has 0 spiro atoms. The molecular formula is C36H35ClN4O8. The molecule has 0 radical (unpaired) electrons. The summed E-state index contributed by atoms with van der Waals surface area (Å²) in [7, 11) is 2.94. The summed E-state index contributed by atoms with van der Waals surface area (Å²) in [6.45, 7) is 3.41. The van der Waals surface area contributed by atoms with E-state index in [1.165, 1.54) is 20.4 Å². The van der Waals surface area contributed by atoms with E-state index in [1.54, 1.807) is 44.2 Å². The van der Waals surface area contributed by atoms with Crippen molar-refractivity contribution in [2.24, 2.45) is 5.10 Å². The van der Waals surface area contributed by atoms with Gasteiger partial charge in [-0.15, -0.1) is 0 Å². The molecule has 12 nitrogen and oxygen atoms in total. The van der Waals surface area contributed by atoms with E-state index in [9.17, 15) is 14.4 Å². The summed E-state index contributed by atoms with van der Waals surface area (Å²) in [5.74, 6) is 0.245. The number of allylic oxidation sites excluding steroid dienone is 1. The molecule has 0 unspecified atom stereocenters. The van der Waals surface area contributed by atoms with E-state index in [0.29, 0.717) is 33.3 Å². The van der Waals surface area contributed by atoms with Gasteiger partial charge in [0.1, 0.15) is 6.61 Å². The highest BCUT2D eigenvalue weighted by molar-refractivity contribution is 6.32. The second-order valence-corrected chi connectivity index (χ2v) is 11.2. The number of urea groups is 1. The largest absolute Gasteiger partial charge is 0.493 e. The van der Waals surface area contributed by atoms with Gasteiger partial charge < -0.3 is 34.3 Å². The molecule has 1 aliphatic rings. The summed E-state index contributed by atoms with van der Waals surface area (Å²) in [5.41, 5.74) is 5.15. The lowest BCUT2D eigenvalue weighted by molar-refractivity contribution is -0.139. The number of hydrogen-bond acceptors (Lipinski definition) is 9. The SMILES string of the molecule is CCOC(=O)C1=C(C)NC(=O)N[C@H]1c1ccc(OCC(=O)N/N=C\c2cc(Cl)c(OCc3ccc4ccccc4c3)c(OC)c2)c(OC)c1. The van der Waals surface area contributed by atoms with Crippen LogP contribution in [0.25, 0.3) is 10.8 Å². The maximum atomic E-state index is 12.6. The zero-order chi connectivity index (χ0) is 34.9. The Kier molecular flexibility index (Phi) is 11.2. The first-order chi connectivity index (χ1) is 23.7. The minimum absolute atomic E-state index is 0.176. The average molecular weight is 687 g/mol. The fraction of sp³-hybridized carbons (Fsp3) is 0.222. The number of rotatable bonds is 13. The van der Waals surface area contributed by atoms with Crippen molar-refractivity contribution in [3.8, 4) is 23.0 Å². The van der Waals surface area contributed by atoms with Crippen molar-refractivity contribution in [1.82, 2.24) is 16.1 Å². The Morgan fingerprint density at radius 3 is 2.47 bits per heavy atom. The highest BCUT2D eigenvalue weighted by Crippen LogP contribution is 2.37. The normalized spacial score (nSPS) is 14.2. The zero-order valence-corrected chi connectivity index (χ0v) is 28.1. The van der Waals surface area contributed by atoms with Crippen LogP contribution in [0.1, 0.15) is 36.6 Å². The number of nitrogens with zero attached hydrogens (tertiary/aromatic N) is 1. The van der Waals surface area contributed by atoms with Gasteiger partial charge in [0, 0.05) is 5.70 Å². The minimum Gasteiger partial charge on any atom is -0.493 e. The first kappa shape index (κ1) is 34.6. The molecule has 1 atom stereocenters. The number of carbonyl (C=O) groups excluding carboxylic acids is 3. The number of hydrazone groups is 1. The van der Waals surface area contributed by atoms with Gasteiger partial charge in [0.15, 0.2) is 29.6 Å². The van der Waals surface area contributed by atoms with E-state index in [1.807, 2.05) is 30.3 Å². The van der Waals surface area contributed by atoms with Crippen LogP contribution in [0.3, 0.4) is 0 Å². The summed E-state index contributed by atoms with van der Waals surface area (Å²) < 4.78 is 27.9. The van der Waals surface area contributed by atoms with Crippen molar-refractivity contribution in [3.63, 3.8) is 0 Å². The monoisotopic (exact) mass is 686 g/mol. The number of hydrogen-bond donors (Lipinski definition) is 3. The van der Waals surface area contributed by atoms with E-state index in [-0.39, 0.29) is 36.9 Å². The van der Waals surface area contributed by atoms with Gasteiger partial charge in [0.25, 0.3) is 5.91 Å². The summed E-state index contributed by atoms with van der Waals surface area (Å²) in [5, 5.41) is 11.9. The number of nitrogens with one attached hydrogen (secondary N) is 3. The summed E-state index contributed by atoms with van der Waals surface area (Å²) in [6, 6.07) is 21.1. The number of ether oxygens (including phenoxy) is 5. The number of amides is 3. The quantitative estimate of drug-likeness (QED) is 0.0908. The number of carbonyl (C=O) groups is 3. The molecule has 0 saturated carbocycles. The van der Waals surface area contributed by atoms with Crippen LogP contribution in [0.15, 0.2) is 89.2 Å². The van der Waals surface area contributed by atoms with E-state index in [4.69, 9.17) is 35.3 Å². The second-order valence-electron chi connectivity index (χ2n) is 10.8. The van der Waals surface area contributed by atoms with Crippen molar-refractivity contribution >= 4 is 46.5 Å². The van der Waals surface area contributed by atoms with Crippen LogP contribution in [0.2, 0.25) is 5.02 Å². The summed E-state index contributed by atoms with van der Waals surface area (Å²) >= 11 is 6.54. The predicted molar refractivity (Wildman–Crippen MR) is 184 cm³/mol. The van der Waals surface area contributed by atoms with Crippen molar-refractivity contribution in [3.05, 3.63) is 106 Å². The molecule has 0 aliphatic carbocycles. The Morgan fingerprint density at radius 1 is 0.939 bits per heavy atom. The lowest BCUT2D eigenvalue weighted by Crippen LogP contribution is -2.45. The Labute approximate surface area is 288 Å². The first-order valence-electron chi connectivity index (χ1n) is 15.3. The molecule has 4 aromatic carbocycles. The molecular weight excluding hydrogens is 652 g/mol. The van der Waals surface area contributed by atoms with Crippen LogP contribution in [0.5, 0.6) is 23.0 Å². The highest BCUT2D eigenvalue weighted by Gasteiger charge is 2.32. The number of methoxy groups -OCH3 is 2. The standard InChI is InChI=1S/C36H35ClN4O8/c1-5-47-35(43)32-21(2)39-36(44)40-33(32)26-12-13-28(29(17-26)45-3)48-20-31(42)41-38-18-23-15-27(37)34(30(16-23)46-4)49-19-22-10-11-24-8-6-7-9-25(24)14-22/h6-18,33H,5,19-20H2,1-4H3,(H,41,42)(H2,39,40,44)/b38-18-/t33-/m0/s1. The van der Waals surface area contributed by atoms with Crippen molar-refractivity contribution in [2.75, 3.05) is 27.4 Å². The van der Waals surface area contributed by atoms with Crippen molar-refractivity contribution in [2.45, 2.75) is 26.5 Å². The van der Waals surface area contributed by atoms with E-state index in [2.05, 4.69) is 33.3 Å². The van der Waals surface area contributed by atoms with Gasteiger partial charge in [-0.3, -0.25) is 4.79 Å². The van der Waals surface area contributed by atoms with Gasteiger partial charge in [0.2, 0.25) is 0 Å². The van der Waals surface area contributed by atoms with Crippen LogP contribution in [-0.4, -0.2) is 51.6 Å². The topological polar surface area (TPSA) is 146 Å². The molecule has 0 bridgehead atoms. The first-order valence-corrected chi connectivity index (χ1v) is 15.6. The number of halogens is 1. The number of benzene rings is 4. The van der Waals surface area contributed by atoms with Gasteiger partial charge in [-0.25, -0.2) is 15.0 Å². The molecule has 0 saturated heterocycles. The predicted octanol–water partition coefficient (Wildman–Crippen LogP) is 5.81. The van der Waals surface area contributed by atoms with Gasteiger partial charge in [-0.05, 0) is 71.6 Å². The molecule has 4 aromatic rings. The van der Waals surface area contributed by atoms with Crippen LogP contribution >= 0.6 is 11.6 Å². The fourth-order valence-electron chi connectivity index (χ4n) is 5.20. The Balaban J connectivity index is 1.19. The van der Waals surface area contributed by atoms with E-state index in [0.717, 1.165) is 16.3 Å². The van der Waals surface area contributed by atoms with Crippen molar-refractivity contribution in [1.29, 1.82) is 0 Å². The molecule has 1 heterocycles. The minimum atomic E-state index is -0.786. The maximum absolute atomic E-state index is 12.6. The van der Waals surface area contributed by atoms with E-state index >= 15 is 0 Å². The lowest BCUT2D eigenvalue weighted by atomic mass is 9.95. The molecule has 13 heteroatoms. The number of esters is 1. The third kappa shape index (κ3) is 8.40. The zero-order valence-electron chi connectivity index (χ0n) is 27.3. The molecule has 0 aromatic heterocycles. The van der Waals surface area contributed by atoms with Gasteiger partial charge in [-0.2, -0.15) is 5.10 Å². The molecule has 49 heavy (non-hydrogen) atoms. The third-order valence-corrected chi connectivity index (χ3v) is 7.78. The molecule has 3 amide bonds. The van der Waals surface area contributed by atoms with Crippen LogP contribution < -0.4 is 35.0 Å². The molecule has 3 N–H and O–H groups in total. The Hall–Kier alpha value is -5.75. The average Bonchev–Trinajstić information content (AvgIpc) is 3.09. The van der Waals surface area contributed by atoms with Crippen LogP contribution in [-0.2, 0) is 20.9 Å². The van der Waals surface area contributed by atoms with Crippen LogP contribution in [0, 0.1) is 0 Å². The van der Waals surface area contributed by atoms with Gasteiger partial charge in [-0.1, -0.05) is 54.1 Å². The smallest absolute Gasteiger partial charge is 0.338 e. The van der Waals surface area contributed by atoms with Crippen molar-refractivity contribution < 1.29 is 38.1 Å². The summed E-state index contributed by atoms with van der Waals surface area (Å²) in [6.07, 6.45) is 1.42. The Bertz CT molecular complexity index is 1940. The molecule has 254 valence electrons. The third-order valence-electron chi connectivity index (χ3n) is 7.50. The van der Waals surface area contributed by atoms with E-state index < -0.39 is 23.9 Å². The Morgan fingerprint density at radius 2 is 1.71 bits per heavy atom. The van der Waals surface area contributed by atoms with Gasteiger partial charge in [0.05, 0.1) is 43.7 Å². The van der Waals surface area contributed by atoms with Gasteiger partial charge >= 0.3 is 12.0 Å². The van der Waals surface area contributed by atoms with Crippen LogP contribution in [0.4, 0.5) is 4.79 Å². The molecule has 1 aliphatic heterocycles. The molecule has 5 rings (SSSR count). The summed E-state index contributed by atoms with van der Waals surface area (Å²) in [4.78, 5) is 37.4. The fourth-order valence-corrected chi connectivity index (χ4v) is 5.47. The number of fused-ring (bicyclic) bond motifs is 1. The molecule has 0 fully saturated rings. The highest BCUT2D eigenvalue weighted by atomic mass is 35.5. The second kappa shape index (κ2) is 15.9.